The van der Waals surface area contributed by atoms with Crippen molar-refractivity contribution in [3.8, 4) is 0 Å². The maximum Gasteiger partial charge on any atom is 0.0594 e. The molecule has 0 amide bonds. The fourth-order valence-electron chi connectivity index (χ4n) is 4.18. The Morgan fingerprint density at radius 1 is 1.29 bits per heavy atom. The minimum absolute atomic E-state index is 0.264. The molecule has 2 unspecified atom stereocenters. The lowest BCUT2D eigenvalue weighted by Crippen LogP contribution is -2.58. The van der Waals surface area contributed by atoms with Gasteiger partial charge in [0.2, 0.25) is 0 Å². The van der Waals surface area contributed by atoms with Gasteiger partial charge in [-0.05, 0) is 31.7 Å². The normalized spacial score (nSPS) is 31.7. The zero-order valence-electron chi connectivity index (χ0n) is 14.1. The van der Waals surface area contributed by atoms with Crippen LogP contribution in [0.4, 0.5) is 0 Å². The Hall–Kier alpha value is -0.160. The second-order valence-corrected chi connectivity index (χ2v) is 7.07. The number of hydrogen-bond donors (Lipinski definition) is 1. The summed E-state index contributed by atoms with van der Waals surface area (Å²) in [7, 11) is 0. The van der Waals surface area contributed by atoms with Crippen LogP contribution in [0.3, 0.4) is 0 Å². The average Bonchev–Trinajstić information content (AvgIpc) is 2.52. The summed E-state index contributed by atoms with van der Waals surface area (Å²) in [5, 5.41) is 0. The van der Waals surface area contributed by atoms with Crippen LogP contribution in [0.1, 0.15) is 46.0 Å². The summed E-state index contributed by atoms with van der Waals surface area (Å²) in [6.45, 7) is 13.0. The van der Waals surface area contributed by atoms with Gasteiger partial charge in [-0.1, -0.05) is 26.7 Å². The number of ether oxygens (including phenoxy) is 1. The second kappa shape index (κ2) is 8.47. The van der Waals surface area contributed by atoms with E-state index in [-0.39, 0.29) is 5.54 Å². The highest BCUT2D eigenvalue weighted by molar-refractivity contribution is 4.96. The van der Waals surface area contributed by atoms with Crippen molar-refractivity contribution < 1.29 is 4.74 Å². The fourth-order valence-corrected chi connectivity index (χ4v) is 4.18. The van der Waals surface area contributed by atoms with Crippen molar-refractivity contribution in [3.05, 3.63) is 0 Å². The molecule has 2 atom stereocenters. The Morgan fingerprint density at radius 3 is 2.67 bits per heavy atom. The molecule has 0 aromatic heterocycles. The minimum Gasteiger partial charge on any atom is -0.379 e. The summed E-state index contributed by atoms with van der Waals surface area (Å²) in [5.41, 5.74) is 6.53. The highest BCUT2D eigenvalue weighted by atomic mass is 16.5. The van der Waals surface area contributed by atoms with Crippen LogP contribution in [0, 0.1) is 5.92 Å². The monoisotopic (exact) mass is 297 g/mol. The van der Waals surface area contributed by atoms with Crippen LogP contribution in [0.2, 0.25) is 0 Å². The van der Waals surface area contributed by atoms with E-state index >= 15 is 0 Å². The molecule has 4 heteroatoms. The van der Waals surface area contributed by atoms with E-state index in [4.69, 9.17) is 10.5 Å². The van der Waals surface area contributed by atoms with E-state index in [0.717, 1.165) is 45.3 Å². The van der Waals surface area contributed by atoms with E-state index in [1.807, 2.05) is 0 Å². The van der Waals surface area contributed by atoms with Gasteiger partial charge in [0.1, 0.15) is 0 Å². The first-order valence-corrected chi connectivity index (χ1v) is 8.95. The Balaban J connectivity index is 1.94. The molecule has 1 heterocycles. The van der Waals surface area contributed by atoms with E-state index < -0.39 is 0 Å². The molecule has 124 valence electrons. The molecule has 0 radical (unpaired) electrons. The molecule has 2 fully saturated rings. The van der Waals surface area contributed by atoms with Crippen molar-refractivity contribution in [2.24, 2.45) is 11.7 Å². The Kier molecular flexibility index (Phi) is 6.93. The van der Waals surface area contributed by atoms with Crippen molar-refractivity contribution in [3.63, 3.8) is 0 Å². The molecule has 1 aliphatic heterocycles. The highest BCUT2D eigenvalue weighted by Gasteiger charge is 2.38. The zero-order chi connectivity index (χ0) is 15.1. The molecule has 2 N–H and O–H groups in total. The number of nitrogens with zero attached hydrogens (tertiary/aromatic N) is 2. The Labute approximate surface area is 131 Å². The Morgan fingerprint density at radius 2 is 2.05 bits per heavy atom. The van der Waals surface area contributed by atoms with Crippen LogP contribution in [-0.2, 0) is 4.74 Å². The predicted molar refractivity (Wildman–Crippen MR) is 88.5 cm³/mol. The first kappa shape index (κ1) is 17.2. The van der Waals surface area contributed by atoms with E-state index in [1.165, 1.54) is 45.2 Å². The van der Waals surface area contributed by atoms with E-state index in [1.54, 1.807) is 0 Å². The molecule has 4 nitrogen and oxygen atoms in total. The van der Waals surface area contributed by atoms with Crippen molar-refractivity contribution in [2.45, 2.75) is 51.5 Å². The lowest BCUT2D eigenvalue weighted by atomic mass is 9.75. The fraction of sp³-hybridized carbons (Fsp3) is 1.00. The van der Waals surface area contributed by atoms with Gasteiger partial charge in [0.15, 0.2) is 0 Å². The van der Waals surface area contributed by atoms with Gasteiger partial charge in [-0.15, -0.1) is 0 Å². The molecular weight excluding hydrogens is 262 g/mol. The highest BCUT2D eigenvalue weighted by Crippen LogP contribution is 2.36. The first-order chi connectivity index (χ1) is 10.2. The van der Waals surface area contributed by atoms with Gasteiger partial charge in [-0.2, -0.15) is 0 Å². The van der Waals surface area contributed by atoms with Crippen LogP contribution < -0.4 is 5.73 Å². The predicted octanol–water partition coefficient (Wildman–Crippen LogP) is 1.94. The van der Waals surface area contributed by atoms with Gasteiger partial charge in [0.05, 0.1) is 13.2 Å². The zero-order valence-corrected chi connectivity index (χ0v) is 14.1. The molecule has 0 aromatic rings. The van der Waals surface area contributed by atoms with E-state index in [0.29, 0.717) is 0 Å². The SMILES string of the molecule is CCCN(CCN1CCOCC1)C1(CN)CCCC(C)C1. The lowest BCUT2D eigenvalue weighted by molar-refractivity contribution is 0.00697. The summed E-state index contributed by atoms with van der Waals surface area (Å²) in [6, 6.07) is 0. The van der Waals surface area contributed by atoms with Gasteiger partial charge in [-0.3, -0.25) is 9.80 Å². The molecule has 1 saturated heterocycles. The molecule has 2 rings (SSSR count). The quantitative estimate of drug-likeness (QED) is 0.780. The average molecular weight is 297 g/mol. The molecule has 0 bridgehead atoms. The molecule has 1 aliphatic carbocycles. The van der Waals surface area contributed by atoms with Crippen LogP contribution in [0.15, 0.2) is 0 Å². The van der Waals surface area contributed by atoms with Gasteiger partial charge >= 0.3 is 0 Å². The van der Waals surface area contributed by atoms with Gasteiger partial charge < -0.3 is 10.5 Å². The molecule has 1 saturated carbocycles. The van der Waals surface area contributed by atoms with Gasteiger partial charge in [-0.25, -0.2) is 0 Å². The third kappa shape index (κ3) is 4.65. The maximum absolute atomic E-state index is 6.27. The third-order valence-electron chi connectivity index (χ3n) is 5.40. The second-order valence-electron chi connectivity index (χ2n) is 7.07. The van der Waals surface area contributed by atoms with E-state index in [9.17, 15) is 0 Å². The topological polar surface area (TPSA) is 41.7 Å². The van der Waals surface area contributed by atoms with E-state index in [2.05, 4.69) is 23.6 Å². The van der Waals surface area contributed by atoms with Gasteiger partial charge in [0, 0.05) is 38.3 Å². The van der Waals surface area contributed by atoms with Crippen molar-refractivity contribution in [1.29, 1.82) is 0 Å². The maximum atomic E-state index is 6.27. The summed E-state index contributed by atoms with van der Waals surface area (Å²) in [6.07, 6.45) is 6.52. The number of hydrogen-bond acceptors (Lipinski definition) is 4. The summed E-state index contributed by atoms with van der Waals surface area (Å²) >= 11 is 0. The van der Waals surface area contributed by atoms with Gasteiger partial charge in [0.25, 0.3) is 0 Å². The largest absolute Gasteiger partial charge is 0.379 e. The minimum atomic E-state index is 0.264. The van der Waals surface area contributed by atoms with Crippen LogP contribution in [0.25, 0.3) is 0 Å². The van der Waals surface area contributed by atoms with Crippen molar-refractivity contribution in [2.75, 3.05) is 52.5 Å². The molecule has 0 aromatic carbocycles. The molecule has 0 spiro atoms. The first-order valence-electron chi connectivity index (χ1n) is 8.95. The summed E-state index contributed by atoms with van der Waals surface area (Å²) in [5.74, 6) is 0.824. The third-order valence-corrected chi connectivity index (χ3v) is 5.40. The van der Waals surface area contributed by atoms with Crippen molar-refractivity contribution in [1.82, 2.24) is 9.80 Å². The summed E-state index contributed by atoms with van der Waals surface area (Å²) in [4.78, 5) is 5.26. The van der Waals surface area contributed by atoms with Crippen LogP contribution in [-0.4, -0.2) is 67.8 Å². The Bertz CT molecular complexity index is 294. The number of morpholine rings is 1. The van der Waals surface area contributed by atoms with Crippen LogP contribution >= 0.6 is 0 Å². The smallest absolute Gasteiger partial charge is 0.0594 e. The number of nitrogens with two attached hydrogens (primary N) is 1. The molecule has 2 aliphatic rings. The molecule has 21 heavy (non-hydrogen) atoms. The standard InChI is InChI=1S/C17H35N3O/c1-3-7-20(9-8-19-10-12-21-13-11-19)17(15-18)6-4-5-16(2)14-17/h16H,3-15,18H2,1-2H3. The molecular formula is C17H35N3O. The summed E-state index contributed by atoms with van der Waals surface area (Å²) < 4.78 is 5.45. The van der Waals surface area contributed by atoms with Crippen molar-refractivity contribution >= 4 is 0 Å². The number of rotatable bonds is 7. The van der Waals surface area contributed by atoms with Crippen LogP contribution in [0.5, 0.6) is 0 Å². The lowest BCUT2D eigenvalue weighted by Gasteiger charge is -2.48.